The van der Waals surface area contributed by atoms with Gasteiger partial charge in [-0.3, -0.25) is 4.79 Å². The lowest BCUT2D eigenvalue weighted by Gasteiger charge is -2.43. The van der Waals surface area contributed by atoms with E-state index in [1.165, 1.54) is 0 Å². The molecule has 1 saturated heterocycles. The summed E-state index contributed by atoms with van der Waals surface area (Å²) in [5, 5.41) is 3.26. The quantitative estimate of drug-likeness (QED) is 0.616. The zero-order valence-electron chi connectivity index (χ0n) is 8.13. The fourth-order valence-corrected chi connectivity index (χ4v) is 1.86. The molecule has 0 spiro atoms. The average molecular weight is 170 g/mol. The van der Waals surface area contributed by atoms with E-state index in [9.17, 15) is 4.79 Å². The molecule has 0 aliphatic carbocycles. The Balaban J connectivity index is 2.60. The van der Waals surface area contributed by atoms with Gasteiger partial charge in [-0.1, -0.05) is 0 Å². The van der Waals surface area contributed by atoms with Gasteiger partial charge in [0.15, 0.2) is 0 Å². The van der Waals surface area contributed by atoms with E-state index in [0.29, 0.717) is 6.04 Å². The van der Waals surface area contributed by atoms with Gasteiger partial charge in [-0.2, -0.15) is 0 Å². The van der Waals surface area contributed by atoms with Crippen molar-refractivity contribution in [2.45, 2.75) is 38.3 Å². The van der Waals surface area contributed by atoms with Crippen molar-refractivity contribution >= 4 is 6.41 Å². The van der Waals surface area contributed by atoms with Crippen molar-refractivity contribution in [3.8, 4) is 0 Å². The highest BCUT2D eigenvalue weighted by Crippen LogP contribution is 2.25. The largest absolute Gasteiger partial charge is 0.340 e. The average Bonchev–Trinajstić information content (AvgIpc) is 2.02. The van der Waals surface area contributed by atoms with Crippen LogP contribution < -0.4 is 5.32 Å². The molecule has 0 bridgehead atoms. The lowest BCUT2D eigenvalue weighted by atomic mass is 9.87. The normalized spacial score (nSPS) is 28.6. The van der Waals surface area contributed by atoms with E-state index in [1.54, 1.807) is 0 Å². The fourth-order valence-electron chi connectivity index (χ4n) is 1.86. The second-order valence-corrected chi connectivity index (χ2v) is 4.09. The molecular formula is C9H18N2O. The first-order valence-corrected chi connectivity index (χ1v) is 4.49. The van der Waals surface area contributed by atoms with Gasteiger partial charge in [-0.05, 0) is 33.7 Å². The van der Waals surface area contributed by atoms with Crippen LogP contribution in [0.3, 0.4) is 0 Å². The summed E-state index contributed by atoms with van der Waals surface area (Å²) < 4.78 is 0. The molecule has 1 rings (SSSR count). The van der Waals surface area contributed by atoms with Gasteiger partial charge in [-0.25, -0.2) is 0 Å². The van der Waals surface area contributed by atoms with Gasteiger partial charge in [-0.15, -0.1) is 0 Å². The van der Waals surface area contributed by atoms with Crippen molar-refractivity contribution in [1.82, 2.24) is 10.2 Å². The summed E-state index contributed by atoms with van der Waals surface area (Å²) in [5.74, 6) is 0. The highest BCUT2D eigenvalue weighted by atomic mass is 16.1. The highest BCUT2D eigenvalue weighted by Gasteiger charge is 2.32. The fraction of sp³-hybridized carbons (Fsp3) is 0.889. The SMILES string of the molecule is CNC1CCN(C=O)C(C)(C)C1. The van der Waals surface area contributed by atoms with Gasteiger partial charge in [0.1, 0.15) is 0 Å². The number of carbonyl (C=O) groups is 1. The summed E-state index contributed by atoms with van der Waals surface area (Å²) in [7, 11) is 1.98. The smallest absolute Gasteiger partial charge is 0.210 e. The molecule has 1 atom stereocenters. The number of carbonyl (C=O) groups excluding carboxylic acids is 1. The minimum atomic E-state index is 0.0215. The molecule has 0 aromatic carbocycles. The molecule has 1 aliphatic rings. The second-order valence-electron chi connectivity index (χ2n) is 4.09. The minimum absolute atomic E-state index is 0.0215. The third-order valence-corrected chi connectivity index (χ3v) is 2.78. The maximum absolute atomic E-state index is 10.7. The molecule has 3 nitrogen and oxygen atoms in total. The molecule has 1 heterocycles. The zero-order valence-corrected chi connectivity index (χ0v) is 8.13. The van der Waals surface area contributed by atoms with Crippen molar-refractivity contribution in [3.05, 3.63) is 0 Å². The van der Waals surface area contributed by atoms with E-state index in [0.717, 1.165) is 25.8 Å². The number of hydrogen-bond donors (Lipinski definition) is 1. The number of nitrogens with one attached hydrogen (secondary N) is 1. The van der Waals surface area contributed by atoms with Gasteiger partial charge in [0.05, 0.1) is 0 Å². The van der Waals surface area contributed by atoms with Crippen molar-refractivity contribution in [2.24, 2.45) is 0 Å². The summed E-state index contributed by atoms with van der Waals surface area (Å²) in [4.78, 5) is 12.6. The van der Waals surface area contributed by atoms with Crippen LogP contribution in [-0.4, -0.2) is 36.5 Å². The van der Waals surface area contributed by atoms with Crippen LogP contribution in [0.4, 0.5) is 0 Å². The first kappa shape index (κ1) is 9.52. The van der Waals surface area contributed by atoms with E-state index < -0.39 is 0 Å². The van der Waals surface area contributed by atoms with E-state index >= 15 is 0 Å². The van der Waals surface area contributed by atoms with E-state index in [1.807, 2.05) is 11.9 Å². The van der Waals surface area contributed by atoms with Gasteiger partial charge >= 0.3 is 0 Å². The van der Waals surface area contributed by atoms with Gasteiger partial charge in [0.25, 0.3) is 0 Å². The highest BCUT2D eigenvalue weighted by molar-refractivity contribution is 5.49. The molecule has 1 fully saturated rings. The molecule has 1 aliphatic heterocycles. The van der Waals surface area contributed by atoms with Crippen LogP contribution in [0.1, 0.15) is 26.7 Å². The Morgan fingerprint density at radius 2 is 2.25 bits per heavy atom. The predicted octanol–water partition coefficient (Wildman–Crippen LogP) is 0.605. The Kier molecular flexibility index (Phi) is 2.73. The van der Waals surface area contributed by atoms with Crippen LogP contribution in [0.15, 0.2) is 0 Å². The summed E-state index contributed by atoms with van der Waals surface area (Å²) in [5.41, 5.74) is 0.0215. The number of nitrogens with zero attached hydrogens (tertiary/aromatic N) is 1. The van der Waals surface area contributed by atoms with Crippen molar-refractivity contribution < 1.29 is 4.79 Å². The third kappa shape index (κ3) is 1.78. The molecule has 1 N–H and O–H groups in total. The lowest BCUT2D eigenvalue weighted by molar-refractivity contribution is -0.125. The van der Waals surface area contributed by atoms with Crippen LogP contribution in [0, 0.1) is 0 Å². The van der Waals surface area contributed by atoms with Crippen LogP contribution in [0.2, 0.25) is 0 Å². The summed E-state index contributed by atoms with van der Waals surface area (Å²) in [6.07, 6.45) is 3.08. The summed E-state index contributed by atoms with van der Waals surface area (Å²) in [6, 6.07) is 0.566. The summed E-state index contributed by atoms with van der Waals surface area (Å²) in [6.45, 7) is 5.11. The zero-order chi connectivity index (χ0) is 9.19. The number of hydrogen-bond acceptors (Lipinski definition) is 2. The van der Waals surface area contributed by atoms with E-state index in [-0.39, 0.29) is 5.54 Å². The van der Waals surface area contributed by atoms with Crippen LogP contribution in [0.25, 0.3) is 0 Å². The number of likely N-dealkylation sites (tertiary alicyclic amines) is 1. The first-order chi connectivity index (χ1) is 5.60. The third-order valence-electron chi connectivity index (χ3n) is 2.78. The Hall–Kier alpha value is -0.570. The molecule has 0 aromatic rings. The van der Waals surface area contributed by atoms with Crippen molar-refractivity contribution in [2.75, 3.05) is 13.6 Å². The molecule has 12 heavy (non-hydrogen) atoms. The monoisotopic (exact) mass is 170 g/mol. The Morgan fingerprint density at radius 1 is 1.58 bits per heavy atom. The Labute approximate surface area is 74.1 Å². The molecule has 1 amide bonds. The van der Waals surface area contributed by atoms with Crippen LogP contribution in [-0.2, 0) is 4.79 Å². The molecule has 0 aromatic heterocycles. The lowest BCUT2D eigenvalue weighted by Crippen LogP contribution is -2.53. The molecule has 70 valence electrons. The molecule has 0 radical (unpaired) electrons. The summed E-state index contributed by atoms with van der Waals surface area (Å²) >= 11 is 0. The molecule has 0 saturated carbocycles. The topological polar surface area (TPSA) is 32.3 Å². The number of amides is 1. The molecule has 1 unspecified atom stereocenters. The van der Waals surface area contributed by atoms with Crippen LogP contribution in [0.5, 0.6) is 0 Å². The minimum Gasteiger partial charge on any atom is -0.340 e. The number of piperidine rings is 1. The van der Waals surface area contributed by atoms with Gasteiger partial charge in [0, 0.05) is 18.1 Å². The standard InChI is InChI=1S/C9H18N2O/c1-9(2)6-8(10-3)4-5-11(9)7-12/h7-8,10H,4-6H2,1-3H3. The first-order valence-electron chi connectivity index (χ1n) is 4.49. The van der Waals surface area contributed by atoms with E-state index in [2.05, 4.69) is 19.2 Å². The van der Waals surface area contributed by atoms with E-state index in [4.69, 9.17) is 0 Å². The van der Waals surface area contributed by atoms with Gasteiger partial charge in [0.2, 0.25) is 6.41 Å². The molecule has 3 heteroatoms. The van der Waals surface area contributed by atoms with Crippen LogP contribution >= 0.6 is 0 Å². The Bertz CT molecular complexity index is 168. The maximum Gasteiger partial charge on any atom is 0.210 e. The molecular weight excluding hydrogens is 152 g/mol. The van der Waals surface area contributed by atoms with Crippen molar-refractivity contribution in [3.63, 3.8) is 0 Å². The maximum atomic E-state index is 10.7. The van der Waals surface area contributed by atoms with Crippen molar-refractivity contribution in [1.29, 1.82) is 0 Å². The Morgan fingerprint density at radius 3 is 2.67 bits per heavy atom. The number of rotatable bonds is 2. The predicted molar refractivity (Wildman–Crippen MR) is 48.9 cm³/mol. The van der Waals surface area contributed by atoms with Gasteiger partial charge < -0.3 is 10.2 Å². The second kappa shape index (κ2) is 3.44.